The Balaban J connectivity index is 0.000000174. The first-order valence-electron chi connectivity index (χ1n) is 6.40. The highest BCUT2D eigenvalue weighted by Crippen LogP contribution is 2.32. The van der Waals surface area contributed by atoms with Crippen molar-refractivity contribution in [2.24, 2.45) is 0 Å². The minimum absolute atomic E-state index is 0.108. The molecule has 0 amide bonds. The maximum Gasteiger partial charge on any atom is 0.419 e. The minimum Gasteiger partial charge on any atom is -0.476 e. The Hall–Kier alpha value is -2.68. The van der Waals surface area contributed by atoms with Gasteiger partial charge in [0.05, 0.1) is 10.3 Å². The third-order valence-electron chi connectivity index (χ3n) is 2.88. The Morgan fingerprint density at radius 2 is 1.83 bits per heavy atom. The Kier molecular flexibility index (Phi) is 5.03. The van der Waals surface area contributed by atoms with Crippen LogP contribution < -0.4 is 5.73 Å². The third-order valence-corrected chi connectivity index (χ3v) is 3.70. The highest BCUT2D eigenvalue weighted by molar-refractivity contribution is 7.13. The number of aromatic carboxylic acids is 1. The highest BCUT2D eigenvalue weighted by atomic mass is 32.1. The number of alkyl halides is 3. The van der Waals surface area contributed by atoms with Crippen LogP contribution in [-0.2, 0) is 6.18 Å². The molecule has 0 saturated heterocycles. The van der Waals surface area contributed by atoms with Gasteiger partial charge < -0.3 is 10.8 Å². The van der Waals surface area contributed by atoms with Crippen molar-refractivity contribution in [1.82, 2.24) is 4.37 Å². The molecule has 0 radical (unpaired) electrons. The zero-order valence-corrected chi connectivity index (χ0v) is 12.7. The van der Waals surface area contributed by atoms with E-state index in [2.05, 4.69) is 4.37 Å². The van der Waals surface area contributed by atoms with Crippen LogP contribution >= 0.6 is 11.5 Å². The van der Waals surface area contributed by atoms with Crippen molar-refractivity contribution in [3.63, 3.8) is 0 Å². The lowest BCUT2D eigenvalue weighted by atomic mass is 10.2. The van der Waals surface area contributed by atoms with E-state index >= 15 is 0 Å². The molecule has 3 rings (SSSR count). The Labute approximate surface area is 137 Å². The first-order chi connectivity index (χ1) is 11.2. The van der Waals surface area contributed by atoms with E-state index in [9.17, 15) is 22.4 Å². The van der Waals surface area contributed by atoms with Gasteiger partial charge in [0.25, 0.3) is 0 Å². The number of nitrogens with zero attached hydrogens (tertiary/aromatic N) is 1. The fourth-order valence-electron chi connectivity index (χ4n) is 1.80. The lowest BCUT2D eigenvalue weighted by Gasteiger charge is -2.07. The molecule has 4 nitrogen and oxygen atoms in total. The second-order valence-electron chi connectivity index (χ2n) is 4.57. The van der Waals surface area contributed by atoms with E-state index < -0.39 is 23.5 Å². The van der Waals surface area contributed by atoms with Crippen LogP contribution in [-0.4, -0.2) is 15.4 Å². The number of carbonyl (C=O) groups is 1. The number of carboxylic acid groups (broad SMARTS) is 1. The molecule has 0 aliphatic heterocycles. The number of halogens is 4. The summed E-state index contributed by atoms with van der Waals surface area (Å²) in [5, 5.41) is 9.43. The molecule has 1 aromatic heterocycles. The summed E-state index contributed by atoms with van der Waals surface area (Å²) in [5.74, 6) is -2.27. The van der Waals surface area contributed by atoms with Crippen LogP contribution in [0.3, 0.4) is 0 Å². The van der Waals surface area contributed by atoms with Gasteiger partial charge in [-0.25, -0.2) is 9.18 Å². The number of fused-ring (bicyclic) bond motifs is 1. The van der Waals surface area contributed by atoms with E-state index in [-0.39, 0.29) is 11.4 Å². The molecule has 24 heavy (non-hydrogen) atoms. The molecule has 2 aromatic carbocycles. The largest absolute Gasteiger partial charge is 0.476 e. The van der Waals surface area contributed by atoms with Crippen LogP contribution in [0.4, 0.5) is 23.2 Å². The maximum atomic E-state index is 12.5. The van der Waals surface area contributed by atoms with Crippen LogP contribution in [0.25, 0.3) is 10.1 Å². The van der Waals surface area contributed by atoms with Gasteiger partial charge in [-0.15, -0.1) is 0 Å². The Morgan fingerprint density at radius 1 is 1.17 bits per heavy atom. The van der Waals surface area contributed by atoms with Crippen molar-refractivity contribution in [3.8, 4) is 0 Å². The Bertz CT molecular complexity index is 877. The Morgan fingerprint density at radius 3 is 2.42 bits per heavy atom. The molecular formula is C15H10F4N2O2S. The third kappa shape index (κ3) is 3.99. The van der Waals surface area contributed by atoms with E-state index in [4.69, 9.17) is 10.8 Å². The lowest BCUT2D eigenvalue weighted by molar-refractivity contribution is -0.139. The molecule has 0 saturated carbocycles. The molecule has 0 spiro atoms. The molecule has 1 heterocycles. The molecule has 9 heteroatoms. The normalized spacial score (nSPS) is 11.0. The number of aromatic nitrogens is 1. The molecule has 0 atom stereocenters. The summed E-state index contributed by atoms with van der Waals surface area (Å²) < 4.78 is 53.0. The summed E-state index contributed by atoms with van der Waals surface area (Å²) in [6, 6.07) is 9.63. The second-order valence-corrected chi connectivity index (χ2v) is 5.37. The second kappa shape index (κ2) is 6.83. The maximum absolute atomic E-state index is 12.5. The zero-order valence-electron chi connectivity index (χ0n) is 11.8. The first kappa shape index (κ1) is 17.7. The minimum atomic E-state index is -4.68. The van der Waals surface area contributed by atoms with E-state index in [1.54, 1.807) is 6.07 Å². The van der Waals surface area contributed by atoms with Crippen LogP contribution in [0.15, 0.2) is 42.5 Å². The van der Waals surface area contributed by atoms with Crippen molar-refractivity contribution in [3.05, 3.63) is 59.5 Å². The van der Waals surface area contributed by atoms with Crippen LogP contribution in [0.1, 0.15) is 16.1 Å². The quantitative estimate of drug-likeness (QED) is 0.499. The fraction of sp³-hybridized carbons (Fsp3) is 0.0667. The lowest BCUT2D eigenvalue weighted by Crippen LogP contribution is -2.08. The van der Waals surface area contributed by atoms with Gasteiger partial charge in [-0.1, -0.05) is 18.2 Å². The van der Waals surface area contributed by atoms with Gasteiger partial charge in [0.15, 0.2) is 5.69 Å². The van der Waals surface area contributed by atoms with Gasteiger partial charge in [-0.2, -0.15) is 17.5 Å². The van der Waals surface area contributed by atoms with Crippen molar-refractivity contribution < 1.29 is 27.5 Å². The number of carboxylic acids is 1. The molecule has 3 aromatic rings. The van der Waals surface area contributed by atoms with E-state index in [0.29, 0.717) is 12.1 Å². The average molecular weight is 358 g/mol. The molecule has 3 N–H and O–H groups in total. The van der Waals surface area contributed by atoms with E-state index in [1.807, 2.05) is 18.2 Å². The number of hydrogen-bond acceptors (Lipinski definition) is 4. The number of nitrogen functional groups attached to an aromatic ring is 1. The zero-order chi connectivity index (χ0) is 17.9. The summed E-state index contributed by atoms with van der Waals surface area (Å²) in [7, 11) is 0. The summed E-state index contributed by atoms with van der Waals surface area (Å²) >= 11 is 1.21. The van der Waals surface area contributed by atoms with Gasteiger partial charge in [-0.3, -0.25) is 0 Å². The van der Waals surface area contributed by atoms with Crippen LogP contribution in [0, 0.1) is 5.82 Å². The van der Waals surface area contributed by atoms with Crippen molar-refractivity contribution in [1.29, 1.82) is 0 Å². The summed E-state index contributed by atoms with van der Waals surface area (Å²) in [5.41, 5.74) is 3.77. The highest BCUT2D eigenvalue weighted by Gasteiger charge is 2.33. The molecular weight excluding hydrogens is 348 g/mol. The number of rotatable bonds is 1. The molecule has 0 aliphatic carbocycles. The standard InChI is InChI=1S/C8H5NO2S.C7H5F4N/c10-8(11)7-5-3-1-2-4-6(5)12-9-7;8-6-2-1-4(12)3-5(6)7(9,10)11/h1-4H,(H,10,11);1-3H,12H2. The topological polar surface area (TPSA) is 76.2 Å². The monoisotopic (exact) mass is 358 g/mol. The summed E-state index contributed by atoms with van der Waals surface area (Å²) in [6.07, 6.45) is -4.68. The SMILES string of the molecule is Nc1ccc(F)c(C(F)(F)F)c1.O=C(O)c1nsc2ccccc12. The fourth-order valence-corrected chi connectivity index (χ4v) is 2.57. The predicted molar refractivity (Wildman–Crippen MR) is 82.4 cm³/mol. The first-order valence-corrected chi connectivity index (χ1v) is 7.17. The summed E-state index contributed by atoms with van der Waals surface area (Å²) in [6.45, 7) is 0. The molecule has 0 aliphatic rings. The van der Waals surface area contributed by atoms with Crippen molar-refractivity contribution in [2.45, 2.75) is 6.18 Å². The van der Waals surface area contributed by atoms with E-state index in [1.165, 1.54) is 11.5 Å². The smallest absolute Gasteiger partial charge is 0.419 e. The van der Waals surface area contributed by atoms with Gasteiger partial charge in [0.2, 0.25) is 0 Å². The van der Waals surface area contributed by atoms with E-state index in [0.717, 1.165) is 16.2 Å². The molecule has 126 valence electrons. The van der Waals surface area contributed by atoms with Gasteiger partial charge in [0, 0.05) is 11.1 Å². The average Bonchev–Trinajstić information content (AvgIpc) is 2.93. The summed E-state index contributed by atoms with van der Waals surface area (Å²) in [4.78, 5) is 10.6. The van der Waals surface area contributed by atoms with Gasteiger partial charge in [0.1, 0.15) is 5.82 Å². The number of anilines is 1. The van der Waals surface area contributed by atoms with Crippen LogP contribution in [0.5, 0.6) is 0 Å². The molecule has 0 fully saturated rings. The van der Waals surface area contributed by atoms with Crippen molar-refractivity contribution in [2.75, 3.05) is 5.73 Å². The number of benzene rings is 2. The van der Waals surface area contributed by atoms with Crippen molar-refractivity contribution >= 4 is 33.3 Å². The van der Waals surface area contributed by atoms with Crippen LogP contribution in [0.2, 0.25) is 0 Å². The van der Waals surface area contributed by atoms with Gasteiger partial charge in [-0.05, 0) is 35.8 Å². The predicted octanol–water partition coefficient (Wildman–Crippen LogP) is 4.42. The number of nitrogens with two attached hydrogens (primary N) is 1. The van der Waals surface area contributed by atoms with Gasteiger partial charge >= 0.3 is 12.1 Å². The number of hydrogen-bond donors (Lipinski definition) is 2. The molecule has 0 unspecified atom stereocenters. The molecule has 0 bridgehead atoms.